The highest BCUT2D eigenvalue weighted by atomic mass is 19.1. The fourth-order valence-electron chi connectivity index (χ4n) is 2.30. The van der Waals surface area contributed by atoms with Gasteiger partial charge in [0.25, 0.3) is 0 Å². The third-order valence-corrected chi connectivity index (χ3v) is 3.43. The number of H-pyrrole nitrogens is 1. The third kappa shape index (κ3) is 3.94. The molecule has 1 heterocycles. The van der Waals surface area contributed by atoms with Gasteiger partial charge < -0.3 is 10.3 Å². The summed E-state index contributed by atoms with van der Waals surface area (Å²) in [5, 5.41) is 3.64. The molecule has 2 rings (SSSR count). The van der Waals surface area contributed by atoms with Crippen LogP contribution in [0.5, 0.6) is 0 Å². The summed E-state index contributed by atoms with van der Waals surface area (Å²) >= 11 is 0. The lowest BCUT2D eigenvalue weighted by Crippen LogP contribution is -2.22. The van der Waals surface area contributed by atoms with Crippen molar-refractivity contribution in [3.05, 3.63) is 46.9 Å². The molecule has 1 aromatic heterocycles. The molecule has 3 nitrogen and oxygen atoms in total. The second-order valence-corrected chi connectivity index (χ2v) is 5.52. The first-order valence-corrected chi connectivity index (χ1v) is 7.13. The first-order valence-electron chi connectivity index (χ1n) is 7.13. The van der Waals surface area contributed by atoms with Gasteiger partial charge in [0.15, 0.2) is 0 Å². The van der Waals surface area contributed by atoms with Gasteiger partial charge in [-0.3, -0.25) is 4.79 Å². The molecule has 21 heavy (non-hydrogen) atoms. The van der Waals surface area contributed by atoms with Gasteiger partial charge in [-0.1, -0.05) is 11.6 Å². The highest BCUT2D eigenvalue weighted by molar-refractivity contribution is 5.84. The molecule has 0 radical (unpaired) electrons. The van der Waals surface area contributed by atoms with E-state index < -0.39 is 0 Å². The van der Waals surface area contributed by atoms with Crippen LogP contribution in [0.1, 0.15) is 31.9 Å². The Bertz CT molecular complexity index is 681. The van der Waals surface area contributed by atoms with Crippen LogP contribution in [0, 0.1) is 5.82 Å². The van der Waals surface area contributed by atoms with Gasteiger partial charge in [0.1, 0.15) is 5.82 Å². The van der Waals surface area contributed by atoms with Crippen molar-refractivity contribution in [2.45, 2.75) is 33.6 Å². The van der Waals surface area contributed by atoms with Crippen LogP contribution in [0.2, 0.25) is 0 Å². The Kier molecular flexibility index (Phi) is 4.78. The summed E-state index contributed by atoms with van der Waals surface area (Å²) in [7, 11) is 0. The topological polar surface area (TPSA) is 44.9 Å². The molecule has 0 fully saturated rings. The van der Waals surface area contributed by atoms with Crippen LogP contribution in [0.4, 0.5) is 4.39 Å². The van der Waals surface area contributed by atoms with Crippen molar-refractivity contribution in [3.8, 4) is 0 Å². The van der Waals surface area contributed by atoms with E-state index in [9.17, 15) is 9.18 Å². The average Bonchev–Trinajstić information content (AvgIpc) is 2.78. The van der Waals surface area contributed by atoms with Gasteiger partial charge in [-0.2, -0.15) is 0 Å². The smallest absolute Gasteiger partial charge is 0.216 e. The van der Waals surface area contributed by atoms with E-state index in [4.69, 9.17) is 0 Å². The maximum Gasteiger partial charge on any atom is 0.216 e. The summed E-state index contributed by atoms with van der Waals surface area (Å²) in [5.41, 5.74) is 3.83. The summed E-state index contributed by atoms with van der Waals surface area (Å²) in [6.07, 6.45) is 5.19. The maximum absolute atomic E-state index is 14.2. The van der Waals surface area contributed by atoms with Crippen LogP contribution >= 0.6 is 0 Å². The molecule has 4 heteroatoms. The lowest BCUT2D eigenvalue weighted by molar-refractivity contribution is -0.118. The van der Waals surface area contributed by atoms with Gasteiger partial charge in [0.05, 0.1) is 0 Å². The van der Waals surface area contributed by atoms with Gasteiger partial charge in [-0.25, -0.2) is 4.39 Å². The number of amides is 1. The van der Waals surface area contributed by atoms with Crippen LogP contribution in [-0.2, 0) is 17.6 Å². The summed E-state index contributed by atoms with van der Waals surface area (Å²) in [6.45, 7) is 6.06. The minimum atomic E-state index is -0.180. The molecule has 0 aliphatic heterocycles. The Morgan fingerprint density at radius 2 is 2.05 bits per heavy atom. The fraction of sp³-hybridized carbons (Fsp3) is 0.353. The molecule has 1 aromatic carbocycles. The largest absolute Gasteiger partial charge is 0.361 e. The van der Waals surface area contributed by atoms with Gasteiger partial charge in [0, 0.05) is 30.6 Å². The summed E-state index contributed by atoms with van der Waals surface area (Å²) in [4.78, 5) is 14.1. The summed E-state index contributed by atoms with van der Waals surface area (Å²) in [6, 6.07) is 3.45. The number of nitrogens with one attached hydrogen (secondary N) is 2. The van der Waals surface area contributed by atoms with Crippen LogP contribution < -0.4 is 5.32 Å². The second-order valence-electron chi connectivity index (χ2n) is 5.52. The Hall–Kier alpha value is -2.10. The van der Waals surface area contributed by atoms with Crippen molar-refractivity contribution in [1.82, 2.24) is 10.3 Å². The molecule has 0 atom stereocenters. The number of hydrogen-bond acceptors (Lipinski definition) is 1. The Morgan fingerprint density at radius 1 is 1.29 bits per heavy atom. The number of aromatic amines is 1. The number of halogens is 1. The Labute approximate surface area is 124 Å². The number of aromatic nitrogens is 1. The number of benzene rings is 1. The van der Waals surface area contributed by atoms with Crippen molar-refractivity contribution in [3.63, 3.8) is 0 Å². The molecular formula is C17H21FN2O. The number of fused-ring (bicyclic) bond motifs is 1. The van der Waals surface area contributed by atoms with Crippen LogP contribution in [-0.4, -0.2) is 17.4 Å². The quantitative estimate of drug-likeness (QED) is 0.813. The molecule has 0 unspecified atom stereocenters. The van der Waals surface area contributed by atoms with Crippen LogP contribution in [0.15, 0.2) is 30.0 Å². The number of carbonyl (C=O) groups excluding carboxylic acids is 1. The van der Waals surface area contributed by atoms with Crippen LogP contribution in [0.3, 0.4) is 0 Å². The predicted molar refractivity (Wildman–Crippen MR) is 83.8 cm³/mol. The molecule has 2 aromatic rings. The minimum absolute atomic E-state index is 0.0509. The van der Waals surface area contributed by atoms with E-state index in [1.165, 1.54) is 12.5 Å². The number of allylic oxidation sites excluding steroid dienone is 2. The van der Waals surface area contributed by atoms with E-state index in [1.54, 1.807) is 6.07 Å². The van der Waals surface area contributed by atoms with Crippen molar-refractivity contribution in [1.29, 1.82) is 0 Å². The van der Waals surface area contributed by atoms with E-state index in [1.807, 2.05) is 32.2 Å². The molecule has 2 N–H and O–H groups in total. The van der Waals surface area contributed by atoms with E-state index in [0.717, 1.165) is 16.5 Å². The molecule has 0 aliphatic carbocycles. The average molecular weight is 288 g/mol. The highest BCUT2D eigenvalue weighted by Gasteiger charge is 2.09. The van der Waals surface area contributed by atoms with E-state index in [2.05, 4.69) is 10.3 Å². The first kappa shape index (κ1) is 15.3. The molecule has 0 saturated carbocycles. The SMILES string of the molecule is CC(=O)NCCc1c[nH]c2cc(CC=C(C)C)c(F)cc12. The second kappa shape index (κ2) is 6.57. The molecule has 112 valence electrons. The molecule has 0 saturated heterocycles. The van der Waals surface area contributed by atoms with Gasteiger partial charge >= 0.3 is 0 Å². The predicted octanol–water partition coefficient (Wildman–Crippen LogP) is 3.49. The normalized spacial score (nSPS) is 10.7. The monoisotopic (exact) mass is 288 g/mol. The zero-order valence-electron chi connectivity index (χ0n) is 12.7. The van der Waals surface area contributed by atoms with Crippen molar-refractivity contribution in [2.24, 2.45) is 0 Å². The van der Waals surface area contributed by atoms with Crippen molar-refractivity contribution >= 4 is 16.8 Å². The molecule has 0 bridgehead atoms. The molecular weight excluding hydrogens is 267 g/mol. The van der Waals surface area contributed by atoms with Gasteiger partial charge in [-0.15, -0.1) is 0 Å². The fourth-order valence-corrected chi connectivity index (χ4v) is 2.30. The van der Waals surface area contributed by atoms with Crippen molar-refractivity contribution in [2.75, 3.05) is 6.54 Å². The van der Waals surface area contributed by atoms with E-state index in [0.29, 0.717) is 24.9 Å². The lowest BCUT2D eigenvalue weighted by atomic mass is 10.0. The van der Waals surface area contributed by atoms with Crippen molar-refractivity contribution < 1.29 is 9.18 Å². The number of hydrogen-bond donors (Lipinski definition) is 2. The van der Waals surface area contributed by atoms with Gasteiger partial charge in [-0.05, 0) is 49.9 Å². The summed E-state index contributed by atoms with van der Waals surface area (Å²) in [5.74, 6) is -0.231. The molecule has 0 spiro atoms. The molecule has 1 amide bonds. The minimum Gasteiger partial charge on any atom is -0.361 e. The zero-order chi connectivity index (χ0) is 15.4. The lowest BCUT2D eigenvalue weighted by Gasteiger charge is -2.04. The first-order chi connectivity index (χ1) is 9.97. The molecule has 0 aliphatic rings. The van der Waals surface area contributed by atoms with E-state index >= 15 is 0 Å². The number of carbonyl (C=O) groups is 1. The maximum atomic E-state index is 14.2. The van der Waals surface area contributed by atoms with E-state index in [-0.39, 0.29) is 11.7 Å². The zero-order valence-corrected chi connectivity index (χ0v) is 12.7. The Morgan fingerprint density at radius 3 is 2.71 bits per heavy atom. The summed E-state index contributed by atoms with van der Waals surface area (Å²) < 4.78 is 14.2. The van der Waals surface area contributed by atoms with Gasteiger partial charge in [0.2, 0.25) is 5.91 Å². The highest BCUT2D eigenvalue weighted by Crippen LogP contribution is 2.23. The Balaban J connectivity index is 2.22. The third-order valence-electron chi connectivity index (χ3n) is 3.43. The standard InChI is InChI=1S/C17H21FN2O/c1-11(2)4-5-13-8-17-15(9-16(13)18)14(10-20-17)6-7-19-12(3)21/h4,8-10,20H,5-7H2,1-3H3,(H,19,21). The number of rotatable bonds is 5. The van der Waals surface area contributed by atoms with Crippen LogP contribution in [0.25, 0.3) is 10.9 Å².